The SMILES string of the molecule is COC(=O)[C@@]12OCC34[C@H]1[C@@H](OC(=O)C=C(C)C)C(=O)O[C@@H]3CC1=C(C)C(=O)C(O)=C[C@]1(C)[C@H]4[C@@H](O)[C@@H]2O. The molecule has 3 N–H and O–H groups in total. The van der Waals surface area contributed by atoms with Crippen LogP contribution in [0, 0.1) is 22.7 Å². The molecule has 2 heterocycles. The number of esters is 3. The molecule has 2 aliphatic heterocycles. The van der Waals surface area contributed by atoms with Crippen molar-refractivity contribution in [3.8, 4) is 0 Å². The fourth-order valence-electron chi connectivity index (χ4n) is 7.71. The van der Waals surface area contributed by atoms with Gasteiger partial charge in [-0.1, -0.05) is 12.5 Å². The molecule has 5 aliphatic rings. The molecule has 11 nitrogen and oxygen atoms in total. The van der Waals surface area contributed by atoms with E-state index in [1.165, 1.54) is 12.2 Å². The average Bonchev–Trinajstić information content (AvgIpc) is 3.12. The minimum atomic E-state index is -2.23. The van der Waals surface area contributed by atoms with E-state index in [0.29, 0.717) is 11.1 Å². The molecule has 0 aromatic rings. The predicted molar refractivity (Wildman–Crippen MR) is 122 cm³/mol. The van der Waals surface area contributed by atoms with Gasteiger partial charge in [-0.05, 0) is 32.4 Å². The third-order valence-electron chi connectivity index (χ3n) is 8.98. The van der Waals surface area contributed by atoms with Gasteiger partial charge in [0.15, 0.2) is 5.76 Å². The van der Waals surface area contributed by atoms with Crippen LogP contribution in [-0.2, 0) is 38.1 Å². The van der Waals surface area contributed by atoms with E-state index in [-0.39, 0.29) is 18.6 Å². The van der Waals surface area contributed by atoms with Gasteiger partial charge in [0.1, 0.15) is 12.2 Å². The number of hydrogen-bond acceptors (Lipinski definition) is 11. The number of ketones is 1. The zero-order valence-electron chi connectivity index (χ0n) is 21.1. The Morgan fingerprint density at radius 2 is 1.86 bits per heavy atom. The number of carbonyl (C=O) groups is 4. The van der Waals surface area contributed by atoms with E-state index in [9.17, 15) is 34.5 Å². The van der Waals surface area contributed by atoms with Crippen LogP contribution in [0.25, 0.3) is 0 Å². The molecule has 0 radical (unpaired) electrons. The summed E-state index contributed by atoms with van der Waals surface area (Å²) >= 11 is 0. The van der Waals surface area contributed by atoms with Gasteiger partial charge in [0, 0.05) is 34.8 Å². The molecule has 3 aliphatic carbocycles. The van der Waals surface area contributed by atoms with Crippen molar-refractivity contribution >= 4 is 23.7 Å². The van der Waals surface area contributed by atoms with Gasteiger partial charge in [0.25, 0.3) is 0 Å². The fourth-order valence-corrected chi connectivity index (χ4v) is 7.71. The van der Waals surface area contributed by atoms with E-state index >= 15 is 0 Å². The van der Waals surface area contributed by atoms with Gasteiger partial charge in [-0.25, -0.2) is 14.4 Å². The molecular weight excluding hydrogens is 488 g/mol. The second-order valence-electron chi connectivity index (χ2n) is 11.0. The highest BCUT2D eigenvalue weighted by atomic mass is 16.6. The van der Waals surface area contributed by atoms with Crippen LogP contribution in [0.1, 0.15) is 34.1 Å². The maximum atomic E-state index is 13.4. The number of ether oxygens (including phenoxy) is 4. The quantitative estimate of drug-likeness (QED) is 0.269. The topological polar surface area (TPSA) is 166 Å². The number of carbonyl (C=O) groups excluding carboxylic acids is 4. The number of aliphatic hydroxyl groups excluding tert-OH is 3. The zero-order chi connectivity index (χ0) is 27.2. The molecule has 0 aromatic carbocycles. The van der Waals surface area contributed by atoms with Gasteiger partial charge in [0.05, 0.1) is 25.7 Å². The minimum Gasteiger partial charge on any atom is -0.504 e. The Hall–Kier alpha value is -3.02. The molecule has 2 bridgehead atoms. The van der Waals surface area contributed by atoms with E-state index in [4.69, 9.17) is 18.9 Å². The summed E-state index contributed by atoms with van der Waals surface area (Å²) in [6.45, 7) is 6.33. The Labute approximate surface area is 212 Å². The molecular formula is C26H30O11. The molecule has 0 aromatic heterocycles. The normalized spacial score (nSPS) is 43.7. The van der Waals surface area contributed by atoms with Crippen molar-refractivity contribution in [3.63, 3.8) is 0 Å². The number of fused-ring (bicyclic) bond motifs is 2. The Bertz CT molecular complexity index is 1210. The monoisotopic (exact) mass is 518 g/mol. The van der Waals surface area contributed by atoms with Crippen LogP contribution in [0.3, 0.4) is 0 Å². The highest BCUT2D eigenvalue weighted by molar-refractivity contribution is 6.08. The van der Waals surface area contributed by atoms with Crippen LogP contribution in [-0.4, -0.2) is 82.7 Å². The number of Topliss-reactive ketones (excluding diaryl/α,β-unsaturated/α-hetero) is 1. The third kappa shape index (κ3) is 2.98. The zero-order valence-corrected chi connectivity index (χ0v) is 21.1. The van der Waals surface area contributed by atoms with Crippen LogP contribution in [0.4, 0.5) is 0 Å². The Morgan fingerprint density at radius 1 is 1.19 bits per heavy atom. The molecule has 4 fully saturated rings. The second-order valence-corrected chi connectivity index (χ2v) is 11.0. The lowest BCUT2D eigenvalue weighted by atomic mass is 9.40. The van der Waals surface area contributed by atoms with E-state index < -0.39 is 82.1 Å². The first-order valence-electron chi connectivity index (χ1n) is 12.1. The van der Waals surface area contributed by atoms with E-state index in [0.717, 1.165) is 7.11 Å². The maximum absolute atomic E-state index is 13.4. The van der Waals surface area contributed by atoms with Gasteiger partial charge < -0.3 is 34.3 Å². The van der Waals surface area contributed by atoms with Crippen LogP contribution in [0.2, 0.25) is 0 Å². The lowest BCUT2D eigenvalue weighted by Crippen LogP contribution is -2.78. The molecule has 0 amide bonds. The lowest BCUT2D eigenvalue weighted by Gasteiger charge is -2.65. The van der Waals surface area contributed by atoms with Gasteiger partial charge in [-0.3, -0.25) is 4.79 Å². The molecule has 2 saturated heterocycles. The molecule has 1 unspecified atom stereocenters. The van der Waals surface area contributed by atoms with Crippen molar-refractivity contribution in [2.45, 2.75) is 64.1 Å². The van der Waals surface area contributed by atoms with Gasteiger partial charge in [-0.2, -0.15) is 0 Å². The summed E-state index contributed by atoms with van der Waals surface area (Å²) in [5.41, 5.74) is -3.38. The highest BCUT2D eigenvalue weighted by Gasteiger charge is 2.84. The van der Waals surface area contributed by atoms with Crippen molar-refractivity contribution in [2.75, 3.05) is 13.7 Å². The summed E-state index contributed by atoms with van der Waals surface area (Å²) in [5, 5.41) is 33.6. The van der Waals surface area contributed by atoms with Crippen molar-refractivity contribution < 1.29 is 53.4 Å². The molecule has 11 heteroatoms. The van der Waals surface area contributed by atoms with E-state index in [1.807, 2.05) is 0 Å². The summed E-state index contributed by atoms with van der Waals surface area (Å²) in [7, 11) is 1.08. The van der Waals surface area contributed by atoms with Gasteiger partial charge in [-0.15, -0.1) is 0 Å². The molecule has 200 valence electrons. The lowest BCUT2D eigenvalue weighted by molar-refractivity contribution is -0.272. The van der Waals surface area contributed by atoms with Gasteiger partial charge in [0.2, 0.25) is 17.5 Å². The Balaban J connectivity index is 1.77. The third-order valence-corrected chi connectivity index (χ3v) is 8.98. The number of methoxy groups -OCH3 is 1. The van der Waals surface area contributed by atoms with Crippen molar-refractivity contribution in [3.05, 3.63) is 34.6 Å². The number of allylic oxidation sites excluding steroid dienone is 3. The fraction of sp³-hybridized carbons (Fsp3) is 0.615. The van der Waals surface area contributed by atoms with Crippen molar-refractivity contribution in [1.82, 2.24) is 0 Å². The first-order chi connectivity index (χ1) is 17.3. The summed E-state index contributed by atoms with van der Waals surface area (Å²) in [6.07, 6.45) is -3.61. The summed E-state index contributed by atoms with van der Waals surface area (Å²) in [4.78, 5) is 51.9. The largest absolute Gasteiger partial charge is 0.504 e. The van der Waals surface area contributed by atoms with Gasteiger partial charge >= 0.3 is 17.9 Å². The number of rotatable bonds is 3. The smallest absolute Gasteiger partial charge is 0.348 e. The minimum absolute atomic E-state index is 0.0503. The first kappa shape index (κ1) is 25.6. The molecule has 9 atom stereocenters. The van der Waals surface area contributed by atoms with Crippen molar-refractivity contribution in [1.29, 1.82) is 0 Å². The first-order valence-corrected chi connectivity index (χ1v) is 12.1. The standard InChI is InChI=1S/C26H30O11/c1-10(2)6-15(28)37-18-20-25-9-35-26(20,23(33)34-5)21(31)17(30)19(25)24(4)8-13(27)16(29)11(3)12(24)7-14(25)36-22(18)32/h6,8,14,17-21,27,30-31H,7,9H2,1-5H3/t14-,17-,18-,19-,20-,21+,24+,25?,26-/m1/s1. The maximum Gasteiger partial charge on any atom is 0.348 e. The Kier molecular flexibility index (Phi) is 5.53. The highest BCUT2D eigenvalue weighted by Crippen LogP contribution is 2.71. The molecule has 1 spiro atoms. The summed E-state index contributed by atoms with van der Waals surface area (Å²) < 4.78 is 22.4. The Morgan fingerprint density at radius 3 is 2.49 bits per heavy atom. The average molecular weight is 519 g/mol. The summed E-state index contributed by atoms with van der Waals surface area (Å²) in [6, 6.07) is 0. The molecule has 2 saturated carbocycles. The molecule has 5 rings (SSSR count). The van der Waals surface area contributed by atoms with Crippen molar-refractivity contribution in [2.24, 2.45) is 22.7 Å². The second kappa shape index (κ2) is 7.99. The van der Waals surface area contributed by atoms with E-state index in [2.05, 4.69) is 0 Å². The molecule has 37 heavy (non-hydrogen) atoms. The van der Waals surface area contributed by atoms with Crippen LogP contribution in [0.5, 0.6) is 0 Å². The predicted octanol–water partition coefficient (Wildman–Crippen LogP) is 0.437. The van der Waals surface area contributed by atoms with E-state index in [1.54, 1.807) is 27.7 Å². The van der Waals surface area contributed by atoms with Crippen LogP contribution in [0.15, 0.2) is 34.6 Å². The van der Waals surface area contributed by atoms with Crippen LogP contribution < -0.4 is 0 Å². The number of aliphatic hydroxyl groups is 3. The number of hydrogen-bond donors (Lipinski definition) is 3. The summed E-state index contributed by atoms with van der Waals surface area (Å²) in [5.74, 6) is -6.22. The van der Waals surface area contributed by atoms with Crippen LogP contribution >= 0.6 is 0 Å².